The lowest BCUT2D eigenvalue weighted by Gasteiger charge is -2.34. The molecule has 0 aliphatic heterocycles. The molecular formula is C35H37Cl2N3O4S. The summed E-state index contributed by atoms with van der Waals surface area (Å²) in [6, 6.07) is 28.1. The van der Waals surface area contributed by atoms with Gasteiger partial charge in [-0.05, 0) is 73.4 Å². The third kappa shape index (κ3) is 8.87. The summed E-state index contributed by atoms with van der Waals surface area (Å²) < 4.78 is 29.2. The predicted octanol–water partition coefficient (Wildman–Crippen LogP) is 7.05. The number of halogens is 2. The van der Waals surface area contributed by atoms with Gasteiger partial charge in [-0.1, -0.05) is 96.9 Å². The molecule has 7 nitrogen and oxygen atoms in total. The number of carbonyl (C=O) groups excluding carboxylic acids is 2. The van der Waals surface area contributed by atoms with Crippen LogP contribution in [-0.4, -0.2) is 43.8 Å². The summed E-state index contributed by atoms with van der Waals surface area (Å²) in [6.07, 6.45) is 0.927. The zero-order valence-corrected chi connectivity index (χ0v) is 27.8. The van der Waals surface area contributed by atoms with Gasteiger partial charge in [0.15, 0.2) is 0 Å². The van der Waals surface area contributed by atoms with Crippen molar-refractivity contribution in [3.63, 3.8) is 0 Å². The summed E-state index contributed by atoms with van der Waals surface area (Å²) >= 11 is 12.6. The first-order chi connectivity index (χ1) is 21.5. The number of carbonyl (C=O) groups is 2. The standard InChI is InChI=1S/C35H37Cl2N3O4S/c1-4-26(3)38-35(42)33(21-27-11-7-5-8-12-27)39(23-28-16-18-29(36)19-17-28)34(41)24-40(30-20-15-25(2)32(37)22-30)45(43,44)31-13-9-6-10-14-31/h5-20,22,26,33H,4,21,23-24H2,1-3H3,(H,38,42)/t26-,33-/m0/s1. The van der Waals surface area contributed by atoms with Crippen LogP contribution in [0.3, 0.4) is 0 Å². The van der Waals surface area contributed by atoms with Crippen LogP contribution in [0.2, 0.25) is 10.0 Å². The summed E-state index contributed by atoms with van der Waals surface area (Å²) in [5.74, 6) is -0.882. The van der Waals surface area contributed by atoms with Gasteiger partial charge in [0.25, 0.3) is 10.0 Å². The summed E-state index contributed by atoms with van der Waals surface area (Å²) in [4.78, 5) is 29.9. The third-order valence-corrected chi connectivity index (χ3v) is 10.0. The lowest BCUT2D eigenvalue weighted by atomic mass is 10.0. The van der Waals surface area contributed by atoms with Gasteiger partial charge in [-0.15, -0.1) is 0 Å². The van der Waals surface area contributed by atoms with Crippen LogP contribution < -0.4 is 9.62 Å². The molecule has 0 heterocycles. The maximum atomic E-state index is 14.5. The van der Waals surface area contributed by atoms with Crippen LogP contribution in [0, 0.1) is 6.92 Å². The molecule has 0 saturated carbocycles. The van der Waals surface area contributed by atoms with Gasteiger partial charge in [-0.2, -0.15) is 0 Å². The first-order valence-electron chi connectivity index (χ1n) is 14.7. The van der Waals surface area contributed by atoms with Crippen LogP contribution >= 0.6 is 23.2 Å². The lowest BCUT2D eigenvalue weighted by Crippen LogP contribution is -2.54. The number of amides is 2. The Hall–Kier alpha value is -3.85. The van der Waals surface area contributed by atoms with Crippen molar-refractivity contribution in [2.75, 3.05) is 10.8 Å². The summed E-state index contributed by atoms with van der Waals surface area (Å²) in [5.41, 5.74) is 2.59. The molecule has 0 aliphatic rings. The van der Waals surface area contributed by atoms with Crippen molar-refractivity contribution in [3.8, 4) is 0 Å². The van der Waals surface area contributed by atoms with Gasteiger partial charge < -0.3 is 10.2 Å². The van der Waals surface area contributed by atoms with Crippen molar-refractivity contribution in [2.24, 2.45) is 0 Å². The summed E-state index contributed by atoms with van der Waals surface area (Å²) in [6.45, 7) is 5.16. The molecule has 4 aromatic carbocycles. The van der Waals surface area contributed by atoms with Gasteiger partial charge in [0.2, 0.25) is 11.8 Å². The van der Waals surface area contributed by atoms with Gasteiger partial charge >= 0.3 is 0 Å². The number of hydrogen-bond donors (Lipinski definition) is 1. The molecule has 2 amide bonds. The van der Waals surface area contributed by atoms with E-state index >= 15 is 0 Å². The molecule has 10 heteroatoms. The van der Waals surface area contributed by atoms with Gasteiger partial charge in [-0.25, -0.2) is 8.42 Å². The Balaban J connectivity index is 1.81. The molecule has 0 radical (unpaired) electrons. The van der Waals surface area contributed by atoms with Crippen molar-refractivity contribution >= 4 is 50.7 Å². The summed E-state index contributed by atoms with van der Waals surface area (Å²) in [5, 5.41) is 3.92. The minimum absolute atomic E-state index is 0.0223. The van der Waals surface area contributed by atoms with Gasteiger partial charge in [-0.3, -0.25) is 13.9 Å². The number of aryl methyl sites for hydroxylation is 1. The minimum Gasteiger partial charge on any atom is -0.352 e. The molecule has 4 rings (SSSR count). The van der Waals surface area contributed by atoms with Crippen LogP contribution in [0.4, 0.5) is 5.69 Å². The maximum Gasteiger partial charge on any atom is 0.264 e. The van der Waals surface area contributed by atoms with Crippen molar-refractivity contribution in [2.45, 2.75) is 57.1 Å². The molecule has 0 saturated heterocycles. The van der Waals surface area contributed by atoms with Gasteiger partial charge in [0.05, 0.1) is 10.6 Å². The highest BCUT2D eigenvalue weighted by Gasteiger charge is 2.35. The Morgan fingerprint density at radius 1 is 0.844 bits per heavy atom. The molecule has 0 aliphatic carbocycles. The molecule has 0 fully saturated rings. The number of benzene rings is 4. The van der Waals surface area contributed by atoms with E-state index in [2.05, 4.69) is 5.32 Å². The molecular weight excluding hydrogens is 629 g/mol. The highest BCUT2D eigenvalue weighted by atomic mass is 35.5. The van der Waals surface area contributed by atoms with E-state index in [-0.39, 0.29) is 35.5 Å². The second-order valence-electron chi connectivity index (χ2n) is 10.9. The Labute approximate surface area is 275 Å². The number of hydrogen-bond acceptors (Lipinski definition) is 4. The van der Waals surface area contributed by atoms with Crippen LogP contribution in [-0.2, 0) is 32.6 Å². The molecule has 0 spiro atoms. The fourth-order valence-electron chi connectivity index (χ4n) is 4.77. The van der Waals surface area contributed by atoms with Crippen LogP contribution in [0.15, 0.2) is 108 Å². The zero-order valence-electron chi connectivity index (χ0n) is 25.5. The van der Waals surface area contributed by atoms with Gasteiger partial charge in [0, 0.05) is 29.1 Å². The fourth-order valence-corrected chi connectivity index (χ4v) is 6.49. The fraction of sp³-hybridized carbons (Fsp3) is 0.257. The molecule has 0 bridgehead atoms. The molecule has 0 aromatic heterocycles. The van der Waals surface area contributed by atoms with E-state index in [4.69, 9.17) is 23.2 Å². The highest BCUT2D eigenvalue weighted by Crippen LogP contribution is 2.29. The number of sulfonamides is 1. The summed E-state index contributed by atoms with van der Waals surface area (Å²) in [7, 11) is -4.21. The second-order valence-corrected chi connectivity index (χ2v) is 13.6. The molecule has 236 valence electrons. The maximum absolute atomic E-state index is 14.5. The molecule has 0 unspecified atom stereocenters. The van der Waals surface area contributed by atoms with E-state index in [0.29, 0.717) is 16.5 Å². The molecule has 45 heavy (non-hydrogen) atoms. The first-order valence-corrected chi connectivity index (χ1v) is 16.9. The van der Waals surface area contributed by atoms with Crippen molar-refractivity contribution in [3.05, 3.63) is 130 Å². The molecule has 1 N–H and O–H groups in total. The predicted molar refractivity (Wildman–Crippen MR) is 181 cm³/mol. The van der Waals surface area contributed by atoms with Crippen LogP contribution in [0.25, 0.3) is 0 Å². The second kappa shape index (κ2) is 15.4. The van der Waals surface area contributed by atoms with E-state index in [9.17, 15) is 18.0 Å². The van der Waals surface area contributed by atoms with E-state index in [0.717, 1.165) is 21.0 Å². The molecule has 2 atom stereocenters. The third-order valence-electron chi connectivity index (χ3n) is 7.59. The van der Waals surface area contributed by atoms with Crippen LogP contribution in [0.5, 0.6) is 0 Å². The van der Waals surface area contributed by atoms with E-state index < -0.39 is 28.5 Å². The molecule has 4 aromatic rings. The number of anilines is 1. The largest absolute Gasteiger partial charge is 0.352 e. The number of rotatable bonds is 13. The van der Waals surface area contributed by atoms with E-state index in [1.54, 1.807) is 54.6 Å². The smallest absolute Gasteiger partial charge is 0.264 e. The Morgan fingerprint density at radius 2 is 1.47 bits per heavy atom. The topological polar surface area (TPSA) is 86.8 Å². The van der Waals surface area contributed by atoms with Gasteiger partial charge in [0.1, 0.15) is 12.6 Å². The average Bonchev–Trinajstić information content (AvgIpc) is 3.04. The quantitative estimate of drug-likeness (QED) is 0.166. The van der Waals surface area contributed by atoms with E-state index in [1.807, 2.05) is 51.1 Å². The van der Waals surface area contributed by atoms with Crippen molar-refractivity contribution < 1.29 is 18.0 Å². The number of nitrogens with zero attached hydrogens (tertiary/aromatic N) is 2. The zero-order chi connectivity index (χ0) is 32.6. The van der Waals surface area contributed by atoms with Crippen molar-refractivity contribution in [1.82, 2.24) is 10.2 Å². The van der Waals surface area contributed by atoms with Crippen LogP contribution in [0.1, 0.15) is 37.0 Å². The SMILES string of the molecule is CC[C@H](C)NC(=O)[C@H](Cc1ccccc1)N(Cc1ccc(Cl)cc1)C(=O)CN(c1ccc(C)c(Cl)c1)S(=O)(=O)c1ccccc1. The first kappa shape index (κ1) is 34.0. The Morgan fingerprint density at radius 3 is 2.07 bits per heavy atom. The highest BCUT2D eigenvalue weighted by molar-refractivity contribution is 7.92. The average molecular weight is 667 g/mol. The Kier molecular flexibility index (Phi) is 11.7. The monoisotopic (exact) mass is 665 g/mol. The van der Waals surface area contributed by atoms with Crippen molar-refractivity contribution in [1.29, 1.82) is 0 Å². The van der Waals surface area contributed by atoms with E-state index in [1.165, 1.54) is 23.1 Å². The number of nitrogens with one attached hydrogen (secondary N) is 1. The minimum atomic E-state index is -4.21. The normalized spacial score (nSPS) is 12.6. The Bertz CT molecular complexity index is 1700. The lowest BCUT2D eigenvalue weighted by molar-refractivity contribution is -0.140.